The molecule has 1 aliphatic heterocycles. The summed E-state index contributed by atoms with van der Waals surface area (Å²) in [7, 11) is 1.87. The lowest BCUT2D eigenvalue weighted by atomic mass is 9.83. The molecule has 2 unspecified atom stereocenters. The number of carboxylic acids is 1. The number of ether oxygens (including phenoxy) is 1. The average Bonchev–Trinajstić information content (AvgIpc) is 3.81. The Kier molecular flexibility index (Phi) is 25.8. The SMILES string of the molecule is CCC(=O)CCC(C)(C)SSCCCC(=O)Nc1cc(C[C@@H](CC(C)C(=O)O)NC(=O)c2csc([C@@H](C[C@H](C(C)C)N(C)C(=O)C(CC(=O)[C@H]3CCCCN3C)[C@@H](C)CC)OC(C)=O)n2)ccc1OS(=O)(=O)O. The van der Waals surface area contributed by atoms with Crippen molar-refractivity contribution in [3.8, 4) is 5.75 Å². The van der Waals surface area contributed by atoms with E-state index < -0.39 is 64.2 Å². The van der Waals surface area contributed by atoms with Crippen molar-refractivity contribution >= 4 is 90.2 Å². The van der Waals surface area contributed by atoms with Gasteiger partial charge in [-0.15, -0.1) is 11.3 Å². The first-order valence-corrected chi connectivity index (χ1v) is 29.8. The number of Topliss-reactive ketones (excluding diaryl/α,β-unsaturated/α-hetero) is 2. The highest BCUT2D eigenvalue weighted by atomic mass is 33.1. The Balaban J connectivity index is 1.82. The van der Waals surface area contributed by atoms with Gasteiger partial charge in [-0.1, -0.05) is 82.0 Å². The third-order valence-electron chi connectivity index (χ3n) is 13.3. The van der Waals surface area contributed by atoms with Crippen molar-refractivity contribution in [3.63, 3.8) is 0 Å². The molecule has 0 spiro atoms. The molecule has 1 aliphatic rings. The van der Waals surface area contributed by atoms with E-state index in [-0.39, 0.29) is 89.3 Å². The highest BCUT2D eigenvalue weighted by Gasteiger charge is 2.38. The molecule has 1 aromatic carbocycles. The van der Waals surface area contributed by atoms with Crippen LogP contribution in [0.1, 0.15) is 167 Å². The van der Waals surface area contributed by atoms with E-state index in [1.807, 2.05) is 41.7 Å². The maximum atomic E-state index is 14.4. The maximum Gasteiger partial charge on any atom is 0.446 e. The number of thiazole rings is 1. The predicted molar refractivity (Wildman–Crippen MR) is 287 cm³/mol. The monoisotopic (exact) mass is 1100 g/mol. The summed E-state index contributed by atoms with van der Waals surface area (Å²) in [5.41, 5.74) is 0.338. The molecule has 0 radical (unpaired) electrons. The van der Waals surface area contributed by atoms with Gasteiger partial charge in [0.25, 0.3) is 5.91 Å². The summed E-state index contributed by atoms with van der Waals surface area (Å²) in [6.45, 7) is 17.4. The molecular weight excluding hydrogens is 1020 g/mol. The fourth-order valence-electron chi connectivity index (χ4n) is 8.73. The zero-order valence-corrected chi connectivity index (χ0v) is 47.7. The quantitative estimate of drug-likeness (QED) is 0.0231. The molecule has 0 bridgehead atoms. The van der Waals surface area contributed by atoms with Crippen molar-refractivity contribution in [3.05, 3.63) is 39.8 Å². The summed E-state index contributed by atoms with van der Waals surface area (Å²) >= 11 is 1.08. The highest BCUT2D eigenvalue weighted by Crippen LogP contribution is 2.40. The van der Waals surface area contributed by atoms with E-state index in [2.05, 4.69) is 34.4 Å². The predicted octanol–water partition coefficient (Wildman–Crippen LogP) is 9.00. The molecule has 1 aromatic heterocycles. The molecular formula is C51H79N5O13S4. The number of hydrogen-bond donors (Lipinski definition) is 4. The summed E-state index contributed by atoms with van der Waals surface area (Å²) in [5, 5.41) is 17.2. The van der Waals surface area contributed by atoms with Crippen molar-refractivity contribution < 1.29 is 60.6 Å². The number of hydrogen-bond acceptors (Lipinski definition) is 16. The molecule has 73 heavy (non-hydrogen) atoms. The number of carboxylic acid groups (broad SMARTS) is 1. The lowest BCUT2D eigenvalue weighted by Gasteiger charge is -2.37. The van der Waals surface area contributed by atoms with Crippen LogP contribution in [-0.4, -0.2) is 123 Å². The number of esters is 1. The lowest BCUT2D eigenvalue weighted by molar-refractivity contribution is -0.149. The number of ketones is 2. The maximum absolute atomic E-state index is 14.4. The third-order valence-corrected chi connectivity index (χ3v) is 18.1. The van der Waals surface area contributed by atoms with Crippen LogP contribution in [0.5, 0.6) is 5.75 Å². The van der Waals surface area contributed by atoms with Crippen molar-refractivity contribution in [1.82, 2.24) is 20.1 Å². The van der Waals surface area contributed by atoms with Crippen LogP contribution in [0.4, 0.5) is 5.69 Å². The number of carbonyl (C=O) groups excluding carboxylic acids is 6. The molecule has 3 rings (SSSR count). The minimum atomic E-state index is -5.01. The van der Waals surface area contributed by atoms with E-state index in [1.165, 1.54) is 37.4 Å². The largest absolute Gasteiger partial charge is 0.481 e. The molecule has 3 amide bonds. The smallest absolute Gasteiger partial charge is 0.446 e. The average molecular weight is 1100 g/mol. The second-order valence-electron chi connectivity index (χ2n) is 20.2. The molecule has 1 fully saturated rings. The number of nitrogens with one attached hydrogen (secondary N) is 2. The van der Waals surface area contributed by atoms with Crippen LogP contribution in [0.25, 0.3) is 0 Å². The Morgan fingerprint density at radius 2 is 1.74 bits per heavy atom. The van der Waals surface area contributed by atoms with Crippen LogP contribution in [0.3, 0.4) is 0 Å². The van der Waals surface area contributed by atoms with E-state index in [0.29, 0.717) is 42.0 Å². The van der Waals surface area contributed by atoms with Gasteiger partial charge in [0, 0.05) is 80.0 Å². The molecule has 1 saturated heterocycles. The normalized spacial score (nSPS) is 16.9. The van der Waals surface area contributed by atoms with Gasteiger partial charge in [-0.25, -0.2) is 4.98 Å². The van der Waals surface area contributed by atoms with E-state index in [4.69, 9.17) is 8.92 Å². The number of piperidine rings is 1. The van der Waals surface area contributed by atoms with E-state index >= 15 is 0 Å². The first kappa shape index (κ1) is 63.2. The van der Waals surface area contributed by atoms with E-state index in [0.717, 1.165) is 43.6 Å². The second-order valence-corrected chi connectivity index (χ2v) is 25.3. The summed E-state index contributed by atoms with van der Waals surface area (Å²) in [6.07, 6.45) is 4.99. The lowest BCUT2D eigenvalue weighted by Crippen LogP contribution is -2.48. The molecule has 2 aromatic rings. The van der Waals surface area contributed by atoms with Crippen LogP contribution >= 0.6 is 32.9 Å². The number of nitrogens with zero attached hydrogens (tertiary/aromatic N) is 3. The summed E-state index contributed by atoms with van der Waals surface area (Å²) in [6, 6.07) is 2.59. The van der Waals surface area contributed by atoms with Gasteiger partial charge in [0.05, 0.1) is 17.6 Å². The Morgan fingerprint density at radius 1 is 1.04 bits per heavy atom. The van der Waals surface area contributed by atoms with Crippen molar-refractivity contribution in [2.75, 3.05) is 31.7 Å². The van der Waals surface area contributed by atoms with Crippen molar-refractivity contribution in [2.45, 2.75) is 175 Å². The number of carbonyl (C=O) groups is 7. The van der Waals surface area contributed by atoms with Gasteiger partial charge < -0.3 is 29.6 Å². The van der Waals surface area contributed by atoms with Gasteiger partial charge in [0.1, 0.15) is 16.5 Å². The van der Waals surface area contributed by atoms with Gasteiger partial charge in [0.2, 0.25) is 11.8 Å². The van der Waals surface area contributed by atoms with Crippen LogP contribution in [0.2, 0.25) is 0 Å². The molecule has 2 heterocycles. The zero-order chi connectivity index (χ0) is 54.8. The molecule has 0 aliphatic carbocycles. The first-order chi connectivity index (χ1) is 34.1. The fraction of sp³-hybridized carbons (Fsp3) is 0.686. The summed E-state index contributed by atoms with van der Waals surface area (Å²) in [4.78, 5) is 100.0. The zero-order valence-electron chi connectivity index (χ0n) is 44.4. The summed E-state index contributed by atoms with van der Waals surface area (Å²) < 4.78 is 43.5. The first-order valence-electron chi connectivity index (χ1n) is 25.2. The van der Waals surface area contributed by atoms with Gasteiger partial charge in [0.15, 0.2) is 17.6 Å². The van der Waals surface area contributed by atoms with Crippen LogP contribution < -0.4 is 14.8 Å². The van der Waals surface area contributed by atoms with Gasteiger partial charge in [-0.2, -0.15) is 8.42 Å². The van der Waals surface area contributed by atoms with Crippen molar-refractivity contribution in [2.24, 2.45) is 23.7 Å². The van der Waals surface area contributed by atoms with Crippen LogP contribution in [0.15, 0.2) is 23.6 Å². The van der Waals surface area contributed by atoms with E-state index in [1.54, 1.807) is 33.5 Å². The molecule has 4 N–H and O–H groups in total. The highest BCUT2D eigenvalue weighted by molar-refractivity contribution is 8.77. The Labute approximate surface area is 444 Å². The standard InChI is InChI=1S/C51H79N5O13S4/c1-12-32(5)38(28-43(59)41-17-14-15-23-55(41)10)49(62)56(11)42(31(3)4)29-45(68-34(7)57)48-54-40(30-70-48)47(61)52-36(25-33(6)50(63)64)26-35-19-20-44(69-73(65,66)67)39(27-35)53-46(60)18-16-24-71-72-51(8,9)22-21-37(58)13-2/h19-20,27,30-33,36,38,41-42,45H,12-18,21-26,28-29H2,1-11H3,(H,52,61)(H,53,60)(H,63,64)(H,65,66,67)/t32-,33?,36+,38?,41+,42+,45+/m0/s1. The van der Waals surface area contributed by atoms with Crippen LogP contribution in [0, 0.1) is 23.7 Å². The molecule has 18 nitrogen and oxygen atoms in total. The molecule has 7 atom stereocenters. The van der Waals surface area contributed by atoms with Gasteiger partial charge in [-0.05, 0) is 95.5 Å². The van der Waals surface area contributed by atoms with Crippen LogP contribution in [-0.2, 0) is 50.3 Å². The number of likely N-dealkylation sites (N-methyl/N-ethyl adjacent to an activating group) is 1. The minimum Gasteiger partial charge on any atom is -0.481 e. The number of likely N-dealkylation sites (tertiary alicyclic amines) is 1. The Bertz CT molecular complexity index is 2310. The molecule has 0 saturated carbocycles. The van der Waals surface area contributed by atoms with Gasteiger partial charge in [-0.3, -0.25) is 43.0 Å². The van der Waals surface area contributed by atoms with Gasteiger partial charge >= 0.3 is 22.3 Å². The number of rotatable bonds is 32. The number of amides is 3. The molecule has 410 valence electrons. The number of anilines is 1. The topological polar surface area (TPSA) is 256 Å². The third kappa shape index (κ3) is 21.6. The number of aliphatic carboxylic acids is 1. The Hall–Kier alpha value is -4.09. The molecule has 22 heteroatoms. The van der Waals surface area contributed by atoms with Crippen molar-refractivity contribution in [1.29, 1.82) is 0 Å². The Morgan fingerprint density at radius 3 is 2.34 bits per heavy atom. The minimum absolute atomic E-state index is 0.00990. The summed E-state index contributed by atoms with van der Waals surface area (Å²) in [5.74, 6) is -4.15. The second kappa shape index (κ2) is 29.9. The number of benzene rings is 1. The fourth-order valence-corrected chi connectivity index (χ4v) is 12.6. The van der Waals surface area contributed by atoms with E-state index in [9.17, 15) is 51.6 Å². The number of aromatic nitrogens is 1.